The van der Waals surface area contributed by atoms with Crippen LogP contribution in [0.5, 0.6) is 0 Å². The van der Waals surface area contributed by atoms with Crippen LogP contribution in [0, 0.1) is 13.8 Å². The number of hydrogen-bond acceptors (Lipinski definition) is 6. The number of nitrogens with one attached hydrogen (secondary N) is 2. The molecule has 2 aromatic rings. The van der Waals surface area contributed by atoms with Crippen molar-refractivity contribution in [3.63, 3.8) is 0 Å². The molecule has 1 aromatic carbocycles. The molecule has 8 nitrogen and oxygen atoms in total. The van der Waals surface area contributed by atoms with Gasteiger partial charge in [-0.05, 0) is 55.3 Å². The minimum absolute atomic E-state index is 0.0489. The topological polar surface area (TPSA) is 102 Å². The van der Waals surface area contributed by atoms with Crippen LogP contribution in [0.15, 0.2) is 23.4 Å². The van der Waals surface area contributed by atoms with Gasteiger partial charge in [-0.2, -0.15) is 0 Å². The molecule has 0 aliphatic rings. The Morgan fingerprint density at radius 3 is 2.75 bits per heavy atom. The van der Waals surface area contributed by atoms with E-state index in [2.05, 4.69) is 26.2 Å². The number of benzene rings is 1. The van der Waals surface area contributed by atoms with Crippen molar-refractivity contribution in [1.82, 2.24) is 25.5 Å². The Labute approximate surface area is 144 Å². The molecule has 3 amide bonds. The predicted octanol–water partition coefficient (Wildman–Crippen LogP) is 2.31. The van der Waals surface area contributed by atoms with Crippen molar-refractivity contribution in [1.29, 1.82) is 0 Å². The Kier molecular flexibility index (Phi) is 5.91. The first-order valence-corrected chi connectivity index (χ1v) is 8.44. The molecule has 0 spiro atoms. The number of rotatable bonds is 5. The minimum atomic E-state index is -0.558. The van der Waals surface area contributed by atoms with E-state index < -0.39 is 11.9 Å². The Bertz CT molecular complexity index is 743. The van der Waals surface area contributed by atoms with Crippen LogP contribution >= 0.6 is 11.8 Å². The molecule has 0 atom stereocenters. The first-order chi connectivity index (χ1) is 11.4. The molecule has 24 heavy (non-hydrogen) atoms. The third-order valence-electron chi connectivity index (χ3n) is 3.39. The van der Waals surface area contributed by atoms with E-state index in [0.29, 0.717) is 10.8 Å². The van der Waals surface area contributed by atoms with E-state index in [4.69, 9.17) is 0 Å². The maximum Gasteiger partial charge on any atom is 0.325 e. The van der Waals surface area contributed by atoms with Crippen LogP contribution in [-0.2, 0) is 4.79 Å². The second kappa shape index (κ2) is 7.91. The standard InChI is InChI=1S/C15H20N6O2S/c1-9(2)21-15(18-19-20-21)24-8-13(22)17-14(23)16-12-7-5-6-10(3)11(12)4/h5-7,9H,8H2,1-4H3,(H2,16,17,22,23). The van der Waals surface area contributed by atoms with Crippen molar-refractivity contribution in [2.75, 3.05) is 11.1 Å². The highest BCUT2D eigenvalue weighted by molar-refractivity contribution is 7.99. The van der Waals surface area contributed by atoms with Crippen LogP contribution in [0.1, 0.15) is 31.0 Å². The number of nitrogens with zero attached hydrogens (tertiary/aromatic N) is 4. The summed E-state index contributed by atoms with van der Waals surface area (Å²) in [6, 6.07) is 5.13. The van der Waals surface area contributed by atoms with Gasteiger partial charge >= 0.3 is 6.03 Å². The average molecular weight is 348 g/mol. The van der Waals surface area contributed by atoms with Gasteiger partial charge in [0.25, 0.3) is 0 Å². The first-order valence-electron chi connectivity index (χ1n) is 7.46. The number of amides is 3. The molecule has 0 aliphatic carbocycles. The van der Waals surface area contributed by atoms with Crippen LogP contribution in [0.4, 0.5) is 10.5 Å². The molecule has 0 aliphatic heterocycles. The van der Waals surface area contributed by atoms with Crippen molar-refractivity contribution in [2.45, 2.75) is 38.9 Å². The normalized spacial score (nSPS) is 10.7. The fraction of sp³-hybridized carbons (Fsp3) is 0.400. The lowest BCUT2D eigenvalue weighted by Gasteiger charge is -2.11. The number of thioether (sulfide) groups is 1. The number of carbonyl (C=O) groups is 2. The van der Waals surface area contributed by atoms with Crippen molar-refractivity contribution in [3.05, 3.63) is 29.3 Å². The number of aryl methyl sites for hydroxylation is 1. The molecule has 9 heteroatoms. The summed E-state index contributed by atoms with van der Waals surface area (Å²) in [5, 5.41) is 16.8. The summed E-state index contributed by atoms with van der Waals surface area (Å²) in [4.78, 5) is 23.8. The molecule has 0 radical (unpaired) electrons. The maximum atomic E-state index is 11.9. The fourth-order valence-corrected chi connectivity index (χ4v) is 2.74. The van der Waals surface area contributed by atoms with Gasteiger partial charge in [0.1, 0.15) is 0 Å². The molecule has 2 rings (SSSR count). The van der Waals surface area contributed by atoms with Crippen molar-refractivity contribution in [3.8, 4) is 0 Å². The predicted molar refractivity (Wildman–Crippen MR) is 92.0 cm³/mol. The zero-order valence-electron chi connectivity index (χ0n) is 14.0. The highest BCUT2D eigenvalue weighted by Crippen LogP contribution is 2.18. The summed E-state index contributed by atoms with van der Waals surface area (Å²) in [6.07, 6.45) is 0. The monoisotopic (exact) mass is 348 g/mol. The van der Waals surface area contributed by atoms with Crippen molar-refractivity contribution < 1.29 is 9.59 Å². The van der Waals surface area contributed by atoms with E-state index in [-0.39, 0.29) is 11.8 Å². The molecule has 0 saturated heterocycles. The van der Waals surface area contributed by atoms with E-state index in [9.17, 15) is 9.59 Å². The number of anilines is 1. The van der Waals surface area contributed by atoms with Crippen LogP contribution in [-0.4, -0.2) is 37.9 Å². The van der Waals surface area contributed by atoms with E-state index >= 15 is 0 Å². The number of urea groups is 1. The summed E-state index contributed by atoms with van der Waals surface area (Å²) < 4.78 is 1.62. The first kappa shape index (κ1) is 17.9. The average Bonchev–Trinajstić information content (AvgIpc) is 2.98. The van der Waals surface area contributed by atoms with E-state index in [0.717, 1.165) is 11.1 Å². The number of carbonyl (C=O) groups excluding carboxylic acids is 2. The summed E-state index contributed by atoms with van der Waals surface area (Å²) in [6.45, 7) is 7.75. The summed E-state index contributed by atoms with van der Waals surface area (Å²) in [7, 11) is 0. The number of aromatic nitrogens is 4. The lowest BCUT2D eigenvalue weighted by Crippen LogP contribution is -2.35. The number of imide groups is 1. The summed E-state index contributed by atoms with van der Waals surface area (Å²) in [5.41, 5.74) is 2.71. The third-order valence-corrected chi connectivity index (χ3v) is 4.32. The number of hydrogen-bond donors (Lipinski definition) is 2. The second-order valence-corrected chi connectivity index (χ2v) is 6.48. The van der Waals surface area contributed by atoms with Gasteiger partial charge in [0.15, 0.2) is 0 Å². The smallest absolute Gasteiger partial charge is 0.307 e. The molecule has 0 unspecified atom stereocenters. The van der Waals surface area contributed by atoms with Crippen LogP contribution in [0.25, 0.3) is 0 Å². The Morgan fingerprint density at radius 2 is 2.04 bits per heavy atom. The molecule has 0 saturated carbocycles. The summed E-state index contributed by atoms with van der Waals surface area (Å²) in [5.74, 6) is -0.367. The molecule has 1 heterocycles. The molecule has 0 bridgehead atoms. The van der Waals surface area contributed by atoms with Gasteiger partial charge in [-0.25, -0.2) is 9.48 Å². The van der Waals surface area contributed by atoms with Gasteiger partial charge in [0, 0.05) is 5.69 Å². The SMILES string of the molecule is Cc1cccc(NC(=O)NC(=O)CSc2nnnn2C(C)C)c1C. The lowest BCUT2D eigenvalue weighted by molar-refractivity contribution is -0.117. The molecule has 128 valence electrons. The van der Waals surface area contributed by atoms with Crippen LogP contribution in [0.3, 0.4) is 0 Å². The van der Waals surface area contributed by atoms with Gasteiger partial charge in [0.2, 0.25) is 11.1 Å². The maximum absolute atomic E-state index is 11.9. The van der Waals surface area contributed by atoms with Crippen LogP contribution < -0.4 is 10.6 Å². The second-order valence-electron chi connectivity index (χ2n) is 5.54. The summed E-state index contributed by atoms with van der Waals surface area (Å²) >= 11 is 1.18. The zero-order valence-corrected chi connectivity index (χ0v) is 14.8. The highest BCUT2D eigenvalue weighted by Gasteiger charge is 2.14. The largest absolute Gasteiger partial charge is 0.325 e. The zero-order chi connectivity index (χ0) is 17.7. The molecular formula is C15H20N6O2S. The number of tetrazole rings is 1. The molecule has 1 aromatic heterocycles. The van der Waals surface area contributed by atoms with Gasteiger partial charge < -0.3 is 5.32 Å². The van der Waals surface area contributed by atoms with Gasteiger partial charge in [-0.1, -0.05) is 23.9 Å². The van der Waals surface area contributed by atoms with Crippen molar-refractivity contribution in [2.24, 2.45) is 0 Å². The van der Waals surface area contributed by atoms with Gasteiger partial charge in [-0.3, -0.25) is 10.1 Å². The van der Waals surface area contributed by atoms with E-state index in [1.54, 1.807) is 10.7 Å². The van der Waals surface area contributed by atoms with Crippen LogP contribution in [0.2, 0.25) is 0 Å². The Hall–Kier alpha value is -2.42. The highest BCUT2D eigenvalue weighted by atomic mass is 32.2. The third kappa shape index (κ3) is 4.54. The van der Waals surface area contributed by atoms with Gasteiger partial charge in [-0.15, -0.1) is 5.10 Å². The van der Waals surface area contributed by atoms with Gasteiger partial charge in [0.05, 0.1) is 11.8 Å². The van der Waals surface area contributed by atoms with Crippen molar-refractivity contribution >= 4 is 29.4 Å². The fourth-order valence-electron chi connectivity index (χ4n) is 1.94. The Balaban J connectivity index is 1.87. The lowest BCUT2D eigenvalue weighted by atomic mass is 10.1. The molecular weight excluding hydrogens is 328 g/mol. The van der Waals surface area contributed by atoms with E-state index in [1.807, 2.05) is 39.8 Å². The molecule has 0 fully saturated rings. The quantitative estimate of drug-likeness (QED) is 0.804. The van der Waals surface area contributed by atoms with E-state index in [1.165, 1.54) is 11.8 Å². The Morgan fingerprint density at radius 1 is 1.29 bits per heavy atom. The minimum Gasteiger partial charge on any atom is -0.307 e. The molecule has 2 N–H and O–H groups in total.